The van der Waals surface area contributed by atoms with Crippen molar-refractivity contribution in [2.75, 3.05) is 49.9 Å². The van der Waals surface area contributed by atoms with Crippen LogP contribution in [0, 0.1) is 6.92 Å². The average Bonchev–Trinajstić information content (AvgIpc) is 3.33. The Balaban J connectivity index is 1.17. The van der Waals surface area contributed by atoms with Gasteiger partial charge in [0.15, 0.2) is 5.16 Å². The summed E-state index contributed by atoms with van der Waals surface area (Å²) in [4.78, 5) is 17.2. The van der Waals surface area contributed by atoms with Crippen LogP contribution >= 0.6 is 11.8 Å². The number of amides is 1. The molecular formula is C22H30N6O3S2. The highest BCUT2D eigenvalue weighted by atomic mass is 32.2. The van der Waals surface area contributed by atoms with Gasteiger partial charge in [-0.05, 0) is 44.7 Å². The van der Waals surface area contributed by atoms with Crippen molar-refractivity contribution in [3.63, 3.8) is 0 Å². The zero-order valence-electron chi connectivity index (χ0n) is 18.9. The Morgan fingerprint density at radius 1 is 1.00 bits per heavy atom. The quantitative estimate of drug-likeness (QED) is 0.549. The predicted molar refractivity (Wildman–Crippen MR) is 127 cm³/mol. The van der Waals surface area contributed by atoms with Gasteiger partial charge >= 0.3 is 0 Å². The maximum Gasteiger partial charge on any atom is 0.243 e. The zero-order valence-corrected chi connectivity index (χ0v) is 20.5. The maximum absolute atomic E-state index is 12.9. The third-order valence-corrected chi connectivity index (χ3v) is 9.36. The van der Waals surface area contributed by atoms with Crippen molar-refractivity contribution < 1.29 is 13.2 Å². The van der Waals surface area contributed by atoms with Crippen molar-refractivity contribution in [2.45, 2.75) is 48.7 Å². The highest BCUT2D eigenvalue weighted by molar-refractivity contribution is 7.99. The number of nitrogens with zero attached hydrogens (tertiary/aromatic N) is 6. The summed E-state index contributed by atoms with van der Waals surface area (Å²) >= 11 is 1.44. The van der Waals surface area contributed by atoms with E-state index in [9.17, 15) is 13.2 Å². The van der Waals surface area contributed by atoms with Gasteiger partial charge in [-0.1, -0.05) is 29.5 Å². The van der Waals surface area contributed by atoms with Crippen LogP contribution < -0.4 is 4.90 Å². The Bertz CT molecular complexity index is 1100. The van der Waals surface area contributed by atoms with Gasteiger partial charge in [-0.15, -0.1) is 10.2 Å². The molecule has 9 nitrogen and oxygen atoms in total. The van der Waals surface area contributed by atoms with Gasteiger partial charge in [-0.25, -0.2) is 8.42 Å². The molecule has 3 fully saturated rings. The predicted octanol–water partition coefficient (Wildman–Crippen LogP) is 2.15. The van der Waals surface area contributed by atoms with Crippen molar-refractivity contribution in [1.82, 2.24) is 24.0 Å². The second-order valence-electron chi connectivity index (χ2n) is 8.96. The number of sulfonamides is 1. The number of piperazine rings is 1. The minimum atomic E-state index is -3.53. The fraction of sp³-hybridized carbons (Fsp3) is 0.591. The van der Waals surface area contributed by atoms with E-state index in [1.165, 1.54) is 28.9 Å². The number of thioether (sulfide) groups is 1. The van der Waals surface area contributed by atoms with Crippen LogP contribution in [0.5, 0.6) is 0 Å². The van der Waals surface area contributed by atoms with Gasteiger partial charge in [0.1, 0.15) is 0 Å². The van der Waals surface area contributed by atoms with Crippen molar-refractivity contribution in [2.24, 2.45) is 0 Å². The zero-order chi connectivity index (χ0) is 23.0. The highest BCUT2D eigenvalue weighted by Crippen LogP contribution is 2.41. The SMILES string of the molecule is Cc1ccc(S(=O)(=O)N2CCN(C(=O)CSc3nnc(N4CCCC4)n3C3CC3)CC2)cc1. The minimum absolute atomic E-state index is 0.0143. The molecule has 3 heterocycles. The van der Waals surface area contributed by atoms with Gasteiger partial charge in [0.25, 0.3) is 0 Å². The first-order valence-electron chi connectivity index (χ1n) is 11.6. The lowest BCUT2D eigenvalue weighted by molar-refractivity contribution is -0.129. The van der Waals surface area contributed by atoms with E-state index < -0.39 is 10.0 Å². The van der Waals surface area contributed by atoms with Crippen molar-refractivity contribution >= 4 is 33.6 Å². The Hall–Kier alpha value is -2.11. The Morgan fingerprint density at radius 3 is 2.30 bits per heavy atom. The second-order valence-corrected chi connectivity index (χ2v) is 11.8. The van der Waals surface area contributed by atoms with Crippen LogP contribution in [0.2, 0.25) is 0 Å². The molecule has 11 heteroatoms. The molecule has 2 aromatic rings. The molecule has 1 aromatic carbocycles. The summed E-state index contributed by atoms with van der Waals surface area (Å²) in [5.74, 6) is 1.25. The van der Waals surface area contributed by atoms with Gasteiger partial charge in [-0.2, -0.15) is 4.31 Å². The monoisotopic (exact) mass is 490 g/mol. The molecule has 1 aliphatic carbocycles. The van der Waals surface area contributed by atoms with Crippen LogP contribution in [-0.2, 0) is 14.8 Å². The van der Waals surface area contributed by atoms with Crippen LogP contribution in [0.15, 0.2) is 34.3 Å². The van der Waals surface area contributed by atoms with Gasteiger partial charge in [0.2, 0.25) is 21.9 Å². The van der Waals surface area contributed by atoms with E-state index in [0.717, 1.165) is 42.6 Å². The number of rotatable bonds is 7. The van der Waals surface area contributed by atoms with Gasteiger partial charge in [0.05, 0.1) is 10.6 Å². The summed E-state index contributed by atoms with van der Waals surface area (Å²) in [6.07, 6.45) is 4.64. The third kappa shape index (κ3) is 4.76. The first-order valence-corrected chi connectivity index (χ1v) is 14.0. The first kappa shape index (κ1) is 22.7. The fourth-order valence-corrected chi connectivity index (χ4v) is 6.73. The summed E-state index contributed by atoms with van der Waals surface area (Å²) in [5.41, 5.74) is 1.02. The van der Waals surface area contributed by atoms with Gasteiger partial charge < -0.3 is 9.80 Å². The molecule has 3 aliphatic rings. The third-order valence-electron chi connectivity index (χ3n) is 6.52. The van der Waals surface area contributed by atoms with E-state index in [1.54, 1.807) is 29.2 Å². The molecule has 0 unspecified atom stereocenters. The number of aryl methyl sites for hydroxylation is 1. The lowest BCUT2D eigenvalue weighted by atomic mass is 10.2. The van der Waals surface area contributed by atoms with E-state index in [2.05, 4.69) is 19.7 Å². The van der Waals surface area contributed by atoms with Crippen molar-refractivity contribution in [3.05, 3.63) is 29.8 Å². The van der Waals surface area contributed by atoms with Crippen LogP contribution in [0.3, 0.4) is 0 Å². The van der Waals surface area contributed by atoms with E-state index in [-0.39, 0.29) is 11.7 Å². The fourth-order valence-electron chi connectivity index (χ4n) is 4.41. The molecule has 1 saturated carbocycles. The molecule has 0 radical (unpaired) electrons. The molecule has 5 rings (SSSR count). The summed E-state index contributed by atoms with van der Waals surface area (Å²) in [7, 11) is -3.53. The molecule has 0 bridgehead atoms. The van der Waals surface area contributed by atoms with Crippen LogP contribution in [0.1, 0.15) is 37.3 Å². The molecule has 178 valence electrons. The molecular weight excluding hydrogens is 460 g/mol. The number of carbonyl (C=O) groups excluding carboxylic acids is 1. The molecule has 1 aromatic heterocycles. The Morgan fingerprint density at radius 2 is 1.67 bits per heavy atom. The molecule has 0 spiro atoms. The van der Waals surface area contributed by atoms with Gasteiger partial charge in [0, 0.05) is 45.3 Å². The molecule has 0 atom stereocenters. The Kier molecular flexibility index (Phi) is 6.37. The first-order chi connectivity index (χ1) is 15.9. The molecule has 2 saturated heterocycles. The Labute approximate surface area is 199 Å². The summed E-state index contributed by atoms with van der Waals surface area (Å²) in [6, 6.07) is 7.35. The summed E-state index contributed by atoms with van der Waals surface area (Å²) in [6.45, 7) is 5.39. The van der Waals surface area contributed by atoms with Crippen LogP contribution in [0.4, 0.5) is 5.95 Å². The number of aromatic nitrogens is 3. The molecule has 2 aliphatic heterocycles. The molecule has 33 heavy (non-hydrogen) atoms. The summed E-state index contributed by atoms with van der Waals surface area (Å²) in [5, 5.41) is 9.65. The van der Waals surface area contributed by atoms with E-state index in [0.29, 0.717) is 37.1 Å². The number of hydrogen-bond acceptors (Lipinski definition) is 7. The van der Waals surface area contributed by atoms with Crippen LogP contribution in [-0.4, -0.2) is 83.3 Å². The smallest absolute Gasteiger partial charge is 0.243 e. The number of carbonyl (C=O) groups is 1. The highest BCUT2D eigenvalue weighted by Gasteiger charge is 2.33. The topological polar surface area (TPSA) is 91.6 Å². The lowest BCUT2D eigenvalue weighted by Gasteiger charge is -2.34. The normalized spacial score (nSPS) is 19.9. The minimum Gasteiger partial charge on any atom is -0.341 e. The second kappa shape index (κ2) is 9.27. The largest absolute Gasteiger partial charge is 0.341 e. The van der Waals surface area contributed by atoms with Crippen LogP contribution in [0.25, 0.3) is 0 Å². The average molecular weight is 491 g/mol. The number of anilines is 1. The lowest BCUT2D eigenvalue weighted by Crippen LogP contribution is -2.50. The number of hydrogen-bond donors (Lipinski definition) is 0. The van der Waals surface area contributed by atoms with E-state index in [4.69, 9.17) is 0 Å². The van der Waals surface area contributed by atoms with Crippen molar-refractivity contribution in [1.29, 1.82) is 0 Å². The maximum atomic E-state index is 12.9. The van der Waals surface area contributed by atoms with Crippen molar-refractivity contribution in [3.8, 4) is 0 Å². The standard InChI is InChI=1S/C22H30N6O3S2/c1-17-4-8-19(9-5-17)33(30,31)27-14-12-25(13-15-27)20(29)16-32-22-24-23-21(26-10-2-3-11-26)28(22)18-6-7-18/h4-5,8-9,18H,2-3,6-7,10-16H2,1H3. The van der Waals surface area contributed by atoms with Gasteiger partial charge in [-0.3, -0.25) is 9.36 Å². The number of benzene rings is 1. The van der Waals surface area contributed by atoms with E-state index in [1.807, 2.05) is 6.92 Å². The molecule has 0 N–H and O–H groups in total. The summed E-state index contributed by atoms with van der Waals surface area (Å²) < 4.78 is 29.5. The van der Waals surface area contributed by atoms with E-state index >= 15 is 0 Å². The molecule has 1 amide bonds.